The Morgan fingerprint density at radius 2 is 2.44 bits per heavy atom. The molecular weight excluding hydrogens is 112 g/mol. The molecule has 0 saturated heterocycles. The lowest BCUT2D eigenvalue weighted by molar-refractivity contribution is 0.398. The summed E-state index contributed by atoms with van der Waals surface area (Å²) in [5.74, 6) is 0.450. The Kier molecular flexibility index (Phi) is 1.73. The molecule has 0 aliphatic heterocycles. The summed E-state index contributed by atoms with van der Waals surface area (Å²) in [7, 11) is 0. The van der Waals surface area contributed by atoms with Crippen LogP contribution in [0.1, 0.15) is 13.3 Å². The van der Waals surface area contributed by atoms with Crippen LogP contribution in [-0.4, -0.2) is 5.11 Å². The third kappa shape index (κ3) is 1.46. The second kappa shape index (κ2) is 2.53. The van der Waals surface area contributed by atoms with E-state index in [0.29, 0.717) is 12.2 Å². The van der Waals surface area contributed by atoms with Gasteiger partial charge in [-0.2, -0.15) is 0 Å². The Hall–Kier alpha value is -0.980. The van der Waals surface area contributed by atoms with Gasteiger partial charge in [0.05, 0.1) is 5.76 Å². The molecular formula is C8H10O. The molecule has 9 heavy (non-hydrogen) atoms. The Morgan fingerprint density at radius 1 is 1.67 bits per heavy atom. The Balaban J connectivity index is 2.73. The summed E-state index contributed by atoms with van der Waals surface area (Å²) in [5, 5.41) is 8.98. The smallest absolute Gasteiger partial charge is 0.0966 e. The van der Waals surface area contributed by atoms with Crippen LogP contribution in [0.4, 0.5) is 0 Å². The molecule has 1 aliphatic carbocycles. The van der Waals surface area contributed by atoms with Crippen LogP contribution in [0.2, 0.25) is 0 Å². The van der Waals surface area contributed by atoms with Crippen LogP contribution in [0.5, 0.6) is 0 Å². The summed E-state index contributed by atoms with van der Waals surface area (Å²) in [5.41, 5.74) is 1.18. The zero-order valence-corrected chi connectivity index (χ0v) is 5.46. The normalized spacial score (nSPS) is 22.3. The zero-order valence-electron chi connectivity index (χ0n) is 5.46. The van der Waals surface area contributed by atoms with Gasteiger partial charge in [0.25, 0.3) is 0 Å². The summed E-state index contributed by atoms with van der Waals surface area (Å²) in [6.07, 6.45) is 8.26. The first-order valence-electron chi connectivity index (χ1n) is 3.04. The SMILES string of the molecule is C/C=C1\C=CC=C(O)C1. The van der Waals surface area contributed by atoms with Crippen molar-refractivity contribution in [1.29, 1.82) is 0 Å². The predicted octanol–water partition coefficient (Wildman–Crippen LogP) is 2.33. The lowest BCUT2D eigenvalue weighted by atomic mass is 10.1. The molecule has 0 atom stereocenters. The molecule has 1 rings (SSSR count). The molecule has 1 N–H and O–H groups in total. The third-order valence-electron chi connectivity index (χ3n) is 1.35. The molecule has 1 heteroatoms. The first-order chi connectivity index (χ1) is 4.33. The summed E-state index contributed by atoms with van der Waals surface area (Å²) in [6, 6.07) is 0. The van der Waals surface area contributed by atoms with Gasteiger partial charge in [-0.15, -0.1) is 0 Å². The van der Waals surface area contributed by atoms with Crippen LogP contribution in [0.25, 0.3) is 0 Å². The number of hydrogen-bond acceptors (Lipinski definition) is 1. The lowest BCUT2D eigenvalue weighted by Gasteiger charge is -2.03. The maximum absolute atomic E-state index is 8.98. The van der Waals surface area contributed by atoms with Gasteiger partial charge in [0.1, 0.15) is 0 Å². The fourth-order valence-electron chi connectivity index (χ4n) is 0.808. The number of allylic oxidation sites excluding steroid dienone is 5. The number of hydrogen-bond donors (Lipinski definition) is 1. The summed E-state index contributed by atoms with van der Waals surface area (Å²) >= 11 is 0. The summed E-state index contributed by atoms with van der Waals surface area (Å²) in [6.45, 7) is 1.97. The van der Waals surface area contributed by atoms with Gasteiger partial charge in [-0.1, -0.05) is 18.2 Å². The number of rotatable bonds is 0. The Morgan fingerprint density at radius 3 is 2.89 bits per heavy atom. The van der Waals surface area contributed by atoms with Crippen molar-refractivity contribution in [3.63, 3.8) is 0 Å². The minimum absolute atomic E-state index is 0.450. The molecule has 0 aromatic heterocycles. The predicted molar refractivity (Wildman–Crippen MR) is 38.2 cm³/mol. The summed E-state index contributed by atoms with van der Waals surface area (Å²) < 4.78 is 0. The molecule has 0 spiro atoms. The molecule has 0 amide bonds. The van der Waals surface area contributed by atoms with E-state index in [0.717, 1.165) is 0 Å². The average molecular weight is 122 g/mol. The molecule has 48 valence electrons. The fraction of sp³-hybridized carbons (Fsp3) is 0.250. The van der Waals surface area contributed by atoms with E-state index >= 15 is 0 Å². The molecule has 1 aliphatic rings. The highest BCUT2D eigenvalue weighted by molar-refractivity contribution is 5.31. The van der Waals surface area contributed by atoms with E-state index in [4.69, 9.17) is 5.11 Å². The quantitative estimate of drug-likeness (QED) is 0.522. The van der Waals surface area contributed by atoms with Crippen LogP contribution in [-0.2, 0) is 0 Å². The highest BCUT2D eigenvalue weighted by Crippen LogP contribution is 2.14. The lowest BCUT2D eigenvalue weighted by Crippen LogP contribution is -1.87. The molecule has 0 aromatic carbocycles. The standard InChI is InChI=1S/C8H10O/c1-2-7-4-3-5-8(9)6-7/h2-5,9H,6H2,1H3/b7-2+. The monoisotopic (exact) mass is 122 g/mol. The molecule has 0 heterocycles. The number of aliphatic hydroxyl groups excluding tert-OH is 1. The van der Waals surface area contributed by atoms with E-state index in [2.05, 4.69) is 0 Å². The molecule has 0 unspecified atom stereocenters. The van der Waals surface area contributed by atoms with Crippen molar-refractivity contribution in [1.82, 2.24) is 0 Å². The van der Waals surface area contributed by atoms with E-state index < -0.39 is 0 Å². The van der Waals surface area contributed by atoms with Crippen LogP contribution < -0.4 is 0 Å². The molecule has 0 fully saturated rings. The fourth-order valence-corrected chi connectivity index (χ4v) is 0.808. The van der Waals surface area contributed by atoms with Crippen molar-refractivity contribution >= 4 is 0 Å². The molecule has 0 radical (unpaired) electrons. The first kappa shape index (κ1) is 6.14. The van der Waals surface area contributed by atoms with Gasteiger partial charge in [-0.3, -0.25) is 0 Å². The van der Waals surface area contributed by atoms with Crippen molar-refractivity contribution in [3.8, 4) is 0 Å². The van der Waals surface area contributed by atoms with Gasteiger partial charge in [-0.05, 0) is 18.6 Å². The average Bonchev–Trinajstić information content (AvgIpc) is 1.88. The van der Waals surface area contributed by atoms with E-state index in [1.165, 1.54) is 5.57 Å². The molecule has 0 bridgehead atoms. The largest absolute Gasteiger partial charge is 0.512 e. The van der Waals surface area contributed by atoms with Crippen molar-refractivity contribution in [2.45, 2.75) is 13.3 Å². The van der Waals surface area contributed by atoms with Gasteiger partial charge in [0, 0.05) is 6.42 Å². The maximum atomic E-state index is 8.98. The zero-order chi connectivity index (χ0) is 6.69. The minimum atomic E-state index is 0.450. The first-order valence-corrected chi connectivity index (χ1v) is 3.04. The van der Waals surface area contributed by atoms with Gasteiger partial charge in [-0.25, -0.2) is 0 Å². The van der Waals surface area contributed by atoms with E-state index in [1.807, 2.05) is 25.2 Å². The number of aliphatic hydroxyl groups is 1. The van der Waals surface area contributed by atoms with E-state index in [9.17, 15) is 0 Å². The van der Waals surface area contributed by atoms with Crippen molar-refractivity contribution in [2.75, 3.05) is 0 Å². The van der Waals surface area contributed by atoms with Gasteiger partial charge < -0.3 is 5.11 Å². The molecule has 0 saturated carbocycles. The van der Waals surface area contributed by atoms with E-state index in [1.54, 1.807) is 6.08 Å². The van der Waals surface area contributed by atoms with E-state index in [-0.39, 0.29) is 0 Å². The minimum Gasteiger partial charge on any atom is -0.512 e. The highest BCUT2D eigenvalue weighted by Gasteiger charge is 1.98. The second-order valence-corrected chi connectivity index (χ2v) is 2.06. The Bertz CT molecular complexity index is 185. The summed E-state index contributed by atoms with van der Waals surface area (Å²) in [4.78, 5) is 0. The van der Waals surface area contributed by atoms with Crippen molar-refractivity contribution in [2.24, 2.45) is 0 Å². The molecule has 1 nitrogen and oxygen atoms in total. The Labute approximate surface area is 55.0 Å². The van der Waals surface area contributed by atoms with Crippen LogP contribution in [0.3, 0.4) is 0 Å². The van der Waals surface area contributed by atoms with Gasteiger partial charge in [0.15, 0.2) is 0 Å². The van der Waals surface area contributed by atoms with Crippen molar-refractivity contribution < 1.29 is 5.11 Å². The highest BCUT2D eigenvalue weighted by atomic mass is 16.3. The van der Waals surface area contributed by atoms with Crippen molar-refractivity contribution in [3.05, 3.63) is 35.6 Å². The van der Waals surface area contributed by atoms with Gasteiger partial charge in [0.2, 0.25) is 0 Å². The maximum Gasteiger partial charge on any atom is 0.0966 e. The van der Waals surface area contributed by atoms with Crippen LogP contribution >= 0.6 is 0 Å². The molecule has 0 aromatic rings. The van der Waals surface area contributed by atoms with Crippen LogP contribution in [0.15, 0.2) is 35.6 Å². The second-order valence-electron chi connectivity index (χ2n) is 2.06. The third-order valence-corrected chi connectivity index (χ3v) is 1.35. The topological polar surface area (TPSA) is 20.2 Å². The van der Waals surface area contributed by atoms with Gasteiger partial charge >= 0.3 is 0 Å². The van der Waals surface area contributed by atoms with Crippen LogP contribution in [0, 0.1) is 0 Å².